The zero-order chi connectivity index (χ0) is 17.6. The maximum absolute atomic E-state index is 12.3. The van der Waals surface area contributed by atoms with Crippen molar-refractivity contribution in [1.82, 2.24) is 0 Å². The van der Waals surface area contributed by atoms with Crippen LogP contribution in [0.15, 0.2) is 18.2 Å². The molecule has 0 aliphatic rings. The second kappa shape index (κ2) is 7.96. The number of sulfonamides is 1. The third-order valence-corrected chi connectivity index (χ3v) is 3.78. The highest BCUT2D eigenvalue weighted by Crippen LogP contribution is 2.31. The first kappa shape index (κ1) is 19.0. The summed E-state index contributed by atoms with van der Waals surface area (Å²) in [6, 6.07) is 3.83. The molecule has 7 nitrogen and oxygen atoms in total. The van der Waals surface area contributed by atoms with Crippen molar-refractivity contribution in [2.45, 2.75) is 32.1 Å². The average Bonchev–Trinajstić information content (AvgIpc) is 2.46. The number of phenolic OH excluding ortho intramolecular Hbond substituents is 1. The topological polar surface area (TPSA) is 110 Å². The molecule has 1 rings (SSSR count). The smallest absolute Gasteiger partial charge is 0.320 e. The van der Waals surface area contributed by atoms with Gasteiger partial charge in [0.25, 0.3) is 0 Å². The summed E-state index contributed by atoms with van der Waals surface area (Å²) in [6.45, 7) is 1.91. The third kappa shape index (κ3) is 5.55. The third-order valence-electron chi connectivity index (χ3n) is 3.18. The first-order valence-corrected chi connectivity index (χ1v) is 9.00. The molecule has 1 atom stereocenters. The number of nitrogens with one attached hydrogen (secondary N) is 1. The summed E-state index contributed by atoms with van der Waals surface area (Å²) >= 11 is 0. The Morgan fingerprint density at radius 2 is 2.00 bits per heavy atom. The van der Waals surface area contributed by atoms with Gasteiger partial charge in [-0.2, -0.15) is 0 Å². The van der Waals surface area contributed by atoms with Gasteiger partial charge in [0.1, 0.15) is 11.7 Å². The van der Waals surface area contributed by atoms with Crippen molar-refractivity contribution in [3.63, 3.8) is 0 Å². The van der Waals surface area contributed by atoms with E-state index in [2.05, 4.69) is 9.46 Å². The lowest BCUT2D eigenvalue weighted by molar-refractivity contribution is -0.145. The molecule has 0 heterocycles. The van der Waals surface area contributed by atoms with Crippen LogP contribution in [0.1, 0.15) is 37.7 Å². The number of hydrogen-bond donors (Lipinski definition) is 2. The Bertz CT molecular complexity index is 683. The summed E-state index contributed by atoms with van der Waals surface area (Å²) in [6.07, 6.45) is 2.53. The number of ether oxygens (including phenoxy) is 1. The molecule has 128 valence electrons. The van der Waals surface area contributed by atoms with Crippen molar-refractivity contribution in [2.75, 3.05) is 18.1 Å². The van der Waals surface area contributed by atoms with E-state index in [1.807, 2.05) is 6.92 Å². The number of rotatable bonds is 8. The van der Waals surface area contributed by atoms with E-state index in [4.69, 9.17) is 0 Å². The van der Waals surface area contributed by atoms with Gasteiger partial charge in [-0.25, -0.2) is 8.42 Å². The molecule has 0 spiro atoms. The predicted octanol–water partition coefficient (Wildman–Crippen LogP) is 1.78. The Morgan fingerprint density at radius 1 is 1.35 bits per heavy atom. The van der Waals surface area contributed by atoms with Crippen LogP contribution in [-0.2, 0) is 24.3 Å². The summed E-state index contributed by atoms with van der Waals surface area (Å²) in [4.78, 5) is 24.3. The lowest BCUT2D eigenvalue weighted by Crippen LogP contribution is -2.23. The quantitative estimate of drug-likeness (QED) is 0.423. The van der Waals surface area contributed by atoms with E-state index >= 15 is 0 Å². The Hall–Kier alpha value is -2.09. The molecule has 0 aliphatic heterocycles. The van der Waals surface area contributed by atoms with E-state index < -0.39 is 21.9 Å². The number of ketones is 1. The summed E-state index contributed by atoms with van der Waals surface area (Å²) in [5, 5.41) is 9.99. The number of methoxy groups -OCH3 is 1. The van der Waals surface area contributed by atoms with E-state index in [0.717, 1.165) is 19.8 Å². The van der Waals surface area contributed by atoms with E-state index in [1.165, 1.54) is 18.2 Å². The van der Waals surface area contributed by atoms with Gasteiger partial charge in [-0.3, -0.25) is 14.3 Å². The summed E-state index contributed by atoms with van der Waals surface area (Å²) in [5.41, 5.74) is 0.170. The summed E-state index contributed by atoms with van der Waals surface area (Å²) in [5.74, 6) is -2.74. The summed E-state index contributed by atoms with van der Waals surface area (Å²) in [7, 11) is -2.37. The van der Waals surface area contributed by atoms with Crippen LogP contribution in [0.3, 0.4) is 0 Å². The van der Waals surface area contributed by atoms with Crippen LogP contribution in [0, 0.1) is 0 Å². The van der Waals surface area contributed by atoms with Gasteiger partial charge < -0.3 is 9.84 Å². The molecule has 0 amide bonds. The number of benzene rings is 1. The number of hydrogen-bond acceptors (Lipinski definition) is 6. The van der Waals surface area contributed by atoms with Gasteiger partial charge in [0.15, 0.2) is 5.78 Å². The number of esters is 1. The molecule has 1 aromatic carbocycles. The molecular weight excluding hydrogens is 322 g/mol. The highest BCUT2D eigenvalue weighted by atomic mass is 32.2. The van der Waals surface area contributed by atoms with Crippen molar-refractivity contribution < 1.29 is 27.9 Å². The fourth-order valence-corrected chi connectivity index (χ4v) is 2.66. The second-order valence-corrected chi connectivity index (χ2v) is 6.92. The largest absolute Gasteiger partial charge is 0.508 e. The second-order valence-electron chi connectivity index (χ2n) is 5.17. The molecule has 1 aromatic rings. The van der Waals surface area contributed by atoms with Crippen LogP contribution in [0.2, 0.25) is 0 Å². The lowest BCUT2D eigenvalue weighted by atomic mass is 9.91. The lowest BCUT2D eigenvalue weighted by Gasteiger charge is -2.16. The molecule has 2 N–H and O–H groups in total. The maximum atomic E-state index is 12.3. The average molecular weight is 343 g/mol. The van der Waals surface area contributed by atoms with Crippen molar-refractivity contribution in [1.29, 1.82) is 0 Å². The molecule has 0 radical (unpaired) electrons. The number of Topliss-reactive ketones (excluding diaryl/α,β-unsaturated/α-hetero) is 1. The van der Waals surface area contributed by atoms with Gasteiger partial charge in [-0.15, -0.1) is 0 Å². The molecule has 0 saturated carbocycles. The van der Waals surface area contributed by atoms with Crippen molar-refractivity contribution in [2.24, 2.45) is 0 Å². The van der Waals surface area contributed by atoms with Gasteiger partial charge in [-0.1, -0.05) is 13.3 Å². The van der Waals surface area contributed by atoms with Crippen molar-refractivity contribution in [3.8, 4) is 5.75 Å². The van der Waals surface area contributed by atoms with Gasteiger partial charge in [0, 0.05) is 17.7 Å². The SMILES string of the molecule is CCCCC(=O)C(C(=O)OC)c1cc(NS(C)(=O)=O)ccc1O. The van der Waals surface area contributed by atoms with Gasteiger partial charge in [-0.05, 0) is 24.6 Å². The van der Waals surface area contributed by atoms with Crippen molar-refractivity contribution in [3.05, 3.63) is 23.8 Å². The van der Waals surface area contributed by atoms with Gasteiger partial charge in [0.2, 0.25) is 10.0 Å². The van der Waals surface area contributed by atoms with Crippen molar-refractivity contribution >= 4 is 27.5 Å². The number of anilines is 1. The Balaban J connectivity index is 3.26. The minimum Gasteiger partial charge on any atom is -0.508 e. The molecule has 23 heavy (non-hydrogen) atoms. The fraction of sp³-hybridized carbons (Fsp3) is 0.467. The van der Waals surface area contributed by atoms with Crippen LogP contribution < -0.4 is 4.72 Å². The number of carbonyl (C=O) groups is 2. The predicted molar refractivity (Wildman–Crippen MR) is 85.9 cm³/mol. The Labute approximate surface area is 135 Å². The van der Waals surface area contributed by atoms with Gasteiger partial charge >= 0.3 is 5.97 Å². The highest BCUT2D eigenvalue weighted by molar-refractivity contribution is 7.92. The normalized spacial score (nSPS) is 12.5. The molecule has 0 bridgehead atoms. The van der Waals surface area contributed by atoms with E-state index in [0.29, 0.717) is 6.42 Å². The molecule has 0 fully saturated rings. The van der Waals surface area contributed by atoms with E-state index in [-0.39, 0.29) is 29.2 Å². The monoisotopic (exact) mass is 343 g/mol. The molecule has 0 aromatic heterocycles. The van der Waals surface area contributed by atoms with Crippen LogP contribution in [0.5, 0.6) is 5.75 Å². The van der Waals surface area contributed by atoms with E-state index in [9.17, 15) is 23.1 Å². The number of unbranched alkanes of at least 4 members (excludes halogenated alkanes) is 1. The molecular formula is C15H21NO6S. The minimum absolute atomic E-state index is 0.0200. The zero-order valence-corrected chi connectivity index (χ0v) is 14.1. The fourth-order valence-electron chi connectivity index (χ4n) is 2.11. The number of phenols is 1. The van der Waals surface area contributed by atoms with Crippen LogP contribution in [0.4, 0.5) is 5.69 Å². The van der Waals surface area contributed by atoms with E-state index in [1.54, 1.807) is 0 Å². The zero-order valence-electron chi connectivity index (χ0n) is 13.3. The maximum Gasteiger partial charge on any atom is 0.320 e. The van der Waals surface area contributed by atoms with Gasteiger partial charge in [0.05, 0.1) is 13.4 Å². The molecule has 0 aliphatic carbocycles. The Kier molecular flexibility index (Phi) is 6.56. The molecule has 0 saturated heterocycles. The van der Waals surface area contributed by atoms with Crippen LogP contribution in [0.25, 0.3) is 0 Å². The highest BCUT2D eigenvalue weighted by Gasteiger charge is 2.31. The molecule has 8 heteroatoms. The minimum atomic E-state index is -3.53. The number of carbonyl (C=O) groups excluding carboxylic acids is 2. The van der Waals surface area contributed by atoms with Crippen LogP contribution in [-0.4, -0.2) is 38.6 Å². The molecule has 1 unspecified atom stereocenters. The first-order chi connectivity index (χ1) is 10.7. The Morgan fingerprint density at radius 3 is 2.52 bits per heavy atom. The standard InChI is InChI=1S/C15H21NO6S/c1-4-5-6-13(18)14(15(19)22-2)11-9-10(7-8-12(11)17)16-23(3,20)21/h7-9,14,16-17H,4-6H2,1-3H3. The van der Waals surface area contributed by atoms with Crippen LogP contribution >= 0.6 is 0 Å². The number of aromatic hydroxyl groups is 1. The first-order valence-electron chi connectivity index (χ1n) is 7.10. The summed E-state index contributed by atoms with van der Waals surface area (Å²) < 4.78 is 29.5.